The second-order valence-electron chi connectivity index (χ2n) is 4.69. The molecule has 0 saturated carbocycles. The number of carbonyl (C=O) groups is 1. The maximum atomic E-state index is 10.7. The Morgan fingerprint density at radius 2 is 1.68 bits per heavy atom. The summed E-state index contributed by atoms with van der Waals surface area (Å²) >= 11 is 12.1. The molecule has 0 bridgehead atoms. The summed E-state index contributed by atoms with van der Waals surface area (Å²) in [5.74, 6) is 4.91. The minimum atomic E-state index is -1.02. The first-order valence-electron chi connectivity index (χ1n) is 6.50. The van der Waals surface area contributed by atoms with Crippen molar-refractivity contribution in [3.8, 4) is 11.8 Å². The van der Waals surface area contributed by atoms with E-state index in [1.54, 1.807) is 30.3 Å². The maximum absolute atomic E-state index is 10.7. The van der Waals surface area contributed by atoms with Gasteiger partial charge in [-0.3, -0.25) is 4.79 Å². The van der Waals surface area contributed by atoms with Crippen molar-refractivity contribution in [1.82, 2.24) is 0 Å². The predicted octanol–water partition coefficient (Wildman–Crippen LogP) is 3.35. The molecule has 22 heavy (non-hydrogen) atoms. The lowest BCUT2D eigenvalue weighted by Crippen LogP contribution is -2.32. The van der Waals surface area contributed by atoms with Gasteiger partial charge in [-0.15, -0.1) is 0 Å². The lowest BCUT2D eigenvalue weighted by Gasteiger charge is -2.05. The van der Waals surface area contributed by atoms with Gasteiger partial charge in [-0.25, -0.2) is 0 Å². The van der Waals surface area contributed by atoms with Crippen LogP contribution in [0.1, 0.15) is 16.7 Å². The fourth-order valence-corrected chi connectivity index (χ4v) is 2.31. The van der Waals surface area contributed by atoms with Crippen molar-refractivity contribution >= 4 is 29.2 Å². The van der Waals surface area contributed by atoms with E-state index in [1.807, 2.05) is 12.1 Å². The van der Waals surface area contributed by atoms with Crippen molar-refractivity contribution in [2.24, 2.45) is 5.73 Å². The fourth-order valence-electron chi connectivity index (χ4n) is 1.82. The summed E-state index contributed by atoms with van der Waals surface area (Å²) in [5.41, 5.74) is 7.71. The third-order valence-corrected chi connectivity index (χ3v) is 3.65. The molecule has 0 amide bonds. The maximum Gasteiger partial charge on any atom is 0.320 e. The number of halogens is 2. The Hall–Kier alpha value is -1.99. The van der Waals surface area contributed by atoms with Gasteiger partial charge in [0.15, 0.2) is 0 Å². The molecule has 112 valence electrons. The standard InChI is InChI=1S/C17H13Cl2NO2/c18-14-2-1-3-15(19)13(14)9-8-11-4-6-12(7-5-11)10-16(20)17(21)22/h1-7,16H,10,20H2,(H,21,22)/t16-/m0/s1. The number of rotatable bonds is 3. The Labute approximate surface area is 138 Å². The van der Waals surface area contributed by atoms with Gasteiger partial charge in [0, 0.05) is 5.56 Å². The van der Waals surface area contributed by atoms with Gasteiger partial charge in [0.05, 0.1) is 15.6 Å². The van der Waals surface area contributed by atoms with Crippen molar-refractivity contribution in [3.05, 3.63) is 69.2 Å². The fraction of sp³-hybridized carbons (Fsp3) is 0.118. The summed E-state index contributed by atoms with van der Waals surface area (Å²) < 4.78 is 0. The van der Waals surface area contributed by atoms with Crippen molar-refractivity contribution in [2.45, 2.75) is 12.5 Å². The lowest BCUT2D eigenvalue weighted by molar-refractivity contribution is -0.138. The third kappa shape index (κ3) is 4.25. The molecular formula is C17H13Cl2NO2. The van der Waals surface area contributed by atoms with Crippen LogP contribution in [0.25, 0.3) is 0 Å². The van der Waals surface area contributed by atoms with E-state index in [4.69, 9.17) is 34.0 Å². The molecule has 0 aliphatic heterocycles. The molecule has 0 unspecified atom stereocenters. The smallest absolute Gasteiger partial charge is 0.320 e. The van der Waals surface area contributed by atoms with Crippen LogP contribution >= 0.6 is 23.2 Å². The van der Waals surface area contributed by atoms with E-state index in [9.17, 15) is 4.79 Å². The van der Waals surface area contributed by atoms with Crippen LogP contribution in [-0.2, 0) is 11.2 Å². The number of nitrogens with two attached hydrogens (primary N) is 1. The molecule has 5 heteroatoms. The summed E-state index contributed by atoms with van der Waals surface area (Å²) in [6.07, 6.45) is 0.277. The van der Waals surface area contributed by atoms with E-state index in [0.717, 1.165) is 11.1 Å². The molecule has 0 fully saturated rings. The zero-order chi connectivity index (χ0) is 16.1. The SMILES string of the molecule is N[C@@H](Cc1ccc(C#Cc2c(Cl)cccc2Cl)cc1)C(=O)O. The van der Waals surface area contributed by atoms with Crippen LogP contribution in [0.5, 0.6) is 0 Å². The molecule has 0 aliphatic rings. The van der Waals surface area contributed by atoms with Gasteiger partial charge in [-0.05, 0) is 36.2 Å². The first kappa shape index (κ1) is 16.4. The zero-order valence-electron chi connectivity index (χ0n) is 11.5. The van der Waals surface area contributed by atoms with Gasteiger partial charge in [0.2, 0.25) is 0 Å². The minimum Gasteiger partial charge on any atom is -0.480 e. The molecule has 0 spiro atoms. The molecule has 3 nitrogen and oxygen atoms in total. The number of carboxylic acids is 1. The number of carboxylic acid groups (broad SMARTS) is 1. The van der Waals surface area contributed by atoms with Crippen molar-refractivity contribution < 1.29 is 9.90 Å². The third-order valence-electron chi connectivity index (χ3n) is 3.02. The number of hydrogen-bond donors (Lipinski definition) is 2. The van der Waals surface area contributed by atoms with Gasteiger partial charge < -0.3 is 10.8 Å². The highest BCUT2D eigenvalue weighted by Crippen LogP contribution is 2.23. The molecular weight excluding hydrogens is 321 g/mol. The highest BCUT2D eigenvalue weighted by atomic mass is 35.5. The lowest BCUT2D eigenvalue weighted by atomic mass is 10.0. The number of benzene rings is 2. The van der Waals surface area contributed by atoms with Crippen molar-refractivity contribution in [3.63, 3.8) is 0 Å². The summed E-state index contributed by atoms with van der Waals surface area (Å²) in [4.78, 5) is 10.7. The van der Waals surface area contributed by atoms with Crippen LogP contribution in [-0.4, -0.2) is 17.1 Å². The largest absolute Gasteiger partial charge is 0.480 e. The average Bonchev–Trinajstić information content (AvgIpc) is 2.48. The van der Waals surface area contributed by atoms with Crippen LogP contribution in [0.2, 0.25) is 10.0 Å². The van der Waals surface area contributed by atoms with Gasteiger partial charge >= 0.3 is 5.97 Å². The summed E-state index contributed by atoms with van der Waals surface area (Å²) in [5, 5.41) is 9.80. The Morgan fingerprint density at radius 1 is 1.09 bits per heavy atom. The van der Waals surface area contributed by atoms with E-state index in [0.29, 0.717) is 15.6 Å². The number of hydrogen-bond acceptors (Lipinski definition) is 2. The Kier molecular flexibility index (Phi) is 5.46. The first-order chi connectivity index (χ1) is 10.5. The van der Waals surface area contributed by atoms with Crippen LogP contribution in [0.4, 0.5) is 0 Å². The average molecular weight is 334 g/mol. The summed E-state index contributed by atoms with van der Waals surface area (Å²) in [6, 6.07) is 11.5. The summed E-state index contributed by atoms with van der Waals surface area (Å²) in [7, 11) is 0. The molecule has 2 aromatic rings. The molecule has 1 atom stereocenters. The minimum absolute atomic E-state index is 0.277. The molecule has 2 rings (SSSR count). The molecule has 0 saturated heterocycles. The van der Waals surface area contributed by atoms with E-state index in [-0.39, 0.29) is 6.42 Å². The van der Waals surface area contributed by atoms with Crippen LogP contribution in [0, 0.1) is 11.8 Å². The van der Waals surface area contributed by atoms with Crippen molar-refractivity contribution in [2.75, 3.05) is 0 Å². The van der Waals surface area contributed by atoms with E-state index >= 15 is 0 Å². The molecule has 0 heterocycles. The van der Waals surface area contributed by atoms with Gasteiger partial charge in [0.1, 0.15) is 6.04 Å². The Morgan fingerprint density at radius 3 is 2.23 bits per heavy atom. The summed E-state index contributed by atoms with van der Waals surface area (Å²) in [6.45, 7) is 0. The predicted molar refractivity (Wildman–Crippen MR) is 88.2 cm³/mol. The quantitative estimate of drug-likeness (QED) is 0.846. The van der Waals surface area contributed by atoms with E-state index < -0.39 is 12.0 Å². The Bertz CT molecular complexity index is 725. The highest BCUT2D eigenvalue weighted by molar-refractivity contribution is 6.36. The molecule has 0 aliphatic carbocycles. The first-order valence-corrected chi connectivity index (χ1v) is 7.26. The second kappa shape index (κ2) is 7.33. The van der Waals surface area contributed by atoms with Crippen LogP contribution < -0.4 is 5.73 Å². The Balaban J connectivity index is 2.16. The monoisotopic (exact) mass is 333 g/mol. The number of aliphatic carboxylic acids is 1. The molecule has 0 radical (unpaired) electrons. The highest BCUT2D eigenvalue weighted by Gasteiger charge is 2.11. The molecule has 0 aromatic heterocycles. The second-order valence-corrected chi connectivity index (χ2v) is 5.51. The van der Waals surface area contributed by atoms with Crippen LogP contribution in [0.3, 0.4) is 0 Å². The zero-order valence-corrected chi connectivity index (χ0v) is 13.0. The van der Waals surface area contributed by atoms with E-state index in [1.165, 1.54) is 0 Å². The normalized spacial score (nSPS) is 11.4. The molecule has 2 aromatic carbocycles. The van der Waals surface area contributed by atoms with Crippen molar-refractivity contribution in [1.29, 1.82) is 0 Å². The van der Waals surface area contributed by atoms with Gasteiger partial charge in [-0.2, -0.15) is 0 Å². The van der Waals surface area contributed by atoms with E-state index in [2.05, 4.69) is 11.8 Å². The van der Waals surface area contributed by atoms with Gasteiger partial charge in [-0.1, -0.05) is 53.2 Å². The van der Waals surface area contributed by atoms with Crippen LogP contribution in [0.15, 0.2) is 42.5 Å². The molecule has 3 N–H and O–H groups in total. The topological polar surface area (TPSA) is 63.3 Å². The van der Waals surface area contributed by atoms with Gasteiger partial charge in [0.25, 0.3) is 0 Å².